The summed E-state index contributed by atoms with van der Waals surface area (Å²) in [5, 5.41) is 0. The number of aryl methyl sites for hydroxylation is 1. The molecule has 0 fully saturated rings. The van der Waals surface area contributed by atoms with Crippen molar-refractivity contribution in [2.45, 2.75) is 13.8 Å². The van der Waals surface area contributed by atoms with E-state index in [1.165, 1.54) is 0 Å². The standard InChI is InChI=1S/C10H19N5O/c1-4-15(5-6-16-3)10-7-9(14-11)12-8(2)13-10/h7H,4-6,11H2,1-3H3,(H,12,13,14). The lowest BCUT2D eigenvalue weighted by atomic mass is 10.4. The molecular weight excluding hydrogens is 206 g/mol. The molecule has 0 unspecified atom stereocenters. The third kappa shape index (κ3) is 3.32. The molecule has 0 aliphatic rings. The summed E-state index contributed by atoms with van der Waals surface area (Å²) >= 11 is 0. The van der Waals surface area contributed by atoms with Crippen LogP contribution in [0, 0.1) is 6.92 Å². The Balaban J connectivity index is 2.86. The summed E-state index contributed by atoms with van der Waals surface area (Å²) in [5.41, 5.74) is 2.53. The number of aromatic nitrogens is 2. The summed E-state index contributed by atoms with van der Waals surface area (Å²) in [6.45, 7) is 6.25. The second kappa shape index (κ2) is 6.24. The normalized spacial score (nSPS) is 10.2. The average Bonchev–Trinajstić information content (AvgIpc) is 2.29. The molecule has 1 aromatic heterocycles. The van der Waals surface area contributed by atoms with Gasteiger partial charge in [-0.15, -0.1) is 0 Å². The molecule has 0 amide bonds. The fraction of sp³-hybridized carbons (Fsp3) is 0.600. The minimum atomic E-state index is 0.623. The first-order chi connectivity index (χ1) is 7.71. The van der Waals surface area contributed by atoms with Crippen LogP contribution in [0.2, 0.25) is 0 Å². The molecule has 6 heteroatoms. The maximum absolute atomic E-state index is 5.35. The maximum atomic E-state index is 5.35. The summed E-state index contributed by atoms with van der Waals surface area (Å²) in [6.07, 6.45) is 0. The molecule has 90 valence electrons. The van der Waals surface area contributed by atoms with E-state index >= 15 is 0 Å². The molecule has 3 N–H and O–H groups in total. The molecule has 1 rings (SSSR count). The van der Waals surface area contributed by atoms with E-state index in [1.54, 1.807) is 7.11 Å². The molecule has 0 aliphatic heterocycles. The van der Waals surface area contributed by atoms with Crippen LogP contribution in [0.3, 0.4) is 0 Å². The van der Waals surface area contributed by atoms with Crippen molar-refractivity contribution in [3.63, 3.8) is 0 Å². The van der Waals surface area contributed by atoms with Crippen molar-refractivity contribution in [1.82, 2.24) is 9.97 Å². The maximum Gasteiger partial charge on any atom is 0.145 e. The first-order valence-electron chi connectivity index (χ1n) is 5.27. The number of nitrogens with two attached hydrogens (primary N) is 1. The molecule has 0 spiro atoms. The molecule has 16 heavy (non-hydrogen) atoms. The largest absolute Gasteiger partial charge is 0.383 e. The zero-order valence-electron chi connectivity index (χ0n) is 10.0. The van der Waals surface area contributed by atoms with E-state index in [9.17, 15) is 0 Å². The van der Waals surface area contributed by atoms with E-state index in [0.29, 0.717) is 18.2 Å². The molecule has 0 radical (unpaired) electrons. The van der Waals surface area contributed by atoms with Crippen LogP contribution in [-0.2, 0) is 4.74 Å². The van der Waals surface area contributed by atoms with E-state index < -0.39 is 0 Å². The Morgan fingerprint density at radius 3 is 2.81 bits per heavy atom. The van der Waals surface area contributed by atoms with Crippen LogP contribution >= 0.6 is 0 Å². The van der Waals surface area contributed by atoms with Gasteiger partial charge in [-0.25, -0.2) is 15.8 Å². The number of methoxy groups -OCH3 is 1. The Morgan fingerprint density at radius 2 is 2.25 bits per heavy atom. The van der Waals surface area contributed by atoms with Gasteiger partial charge in [0.1, 0.15) is 17.5 Å². The third-order valence-corrected chi connectivity index (χ3v) is 2.24. The molecule has 0 saturated heterocycles. The molecular formula is C10H19N5O. The molecule has 1 heterocycles. The third-order valence-electron chi connectivity index (χ3n) is 2.24. The van der Waals surface area contributed by atoms with Gasteiger partial charge in [-0.1, -0.05) is 0 Å². The highest BCUT2D eigenvalue weighted by Crippen LogP contribution is 2.14. The van der Waals surface area contributed by atoms with Crippen molar-refractivity contribution in [2.24, 2.45) is 5.84 Å². The zero-order valence-corrected chi connectivity index (χ0v) is 10.0. The van der Waals surface area contributed by atoms with Crippen molar-refractivity contribution >= 4 is 11.6 Å². The predicted molar refractivity (Wildman–Crippen MR) is 64.3 cm³/mol. The molecule has 0 aromatic carbocycles. The fourth-order valence-electron chi connectivity index (χ4n) is 1.42. The number of likely N-dealkylation sites (N-methyl/N-ethyl adjacent to an activating group) is 1. The highest BCUT2D eigenvalue weighted by Gasteiger charge is 2.08. The van der Waals surface area contributed by atoms with Gasteiger partial charge in [-0.3, -0.25) is 0 Å². The second-order valence-corrected chi connectivity index (χ2v) is 3.38. The van der Waals surface area contributed by atoms with Crippen LogP contribution in [0.4, 0.5) is 11.6 Å². The number of hydrazine groups is 1. The first kappa shape index (κ1) is 12.7. The Hall–Kier alpha value is -1.40. The number of nitrogens with one attached hydrogen (secondary N) is 1. The molecule has 0 aliphatic carbocycles. The van der Waals surface area contributed by atoms with Crippen molar-refractivity contribution in [3.05, 3.63) is 11.9 Å². The molecule has 0 saturated carbocycles. The van der Waals surface area contributed by atoms with E-state index in [4.69, 9.17) is 10.6 Å². The highest BCUT2D eigenvalue weighted by molar-refractivity contribution is 5.48. The number of hydrogen-bond acceptors (Lipinski definition) is 6. The summed E-state index contributed by atoms with van der Waals surface area (Å²) in [7, 11) is 1.69. The van der Waals surface area contributed by atoms with Crippen molar-refractivity contribution in [3.8, 4) is 0 Å². The van der Waals surface area contributed by atoms with E-state index in [0.717, 1.165) is 18.9 Å². The van der Waals surface area contributed by atoms with E-state index in [-0.39, 0.29) is 0 Å². The second-order valence-electron chi connectivity index (χ2n) is 3.38. The summed E-state index contributed by atoms with van der Waals surface area (Å²) in [6, 6.07) is 1.83. The quantitative estimate of drug-likeness (QED) is 0.543. The van der Waals surface area contributed by atoms with Crippen LogP contribution in [-0.4, -0.2) is 36.8 Å². The Kier molecular flexibility index (Phi) is 4.94. The SMILES string of the molecule is CCN(CCOC)c1cc(NN)nc(C)n1. The summed E-state index contributed by atoms with van der Waals surface area (Å²) < 4.78 is 5.06. The molecule has 0 bridgehead atoms. The Bertz CT molecular complexity index is 331. The lowest BCUT2D eigenvalue weighted by Crippen LogP contribution is -2.28. The molecule has 0 atom stereocenters. The number of ether oxygens (including phenoxy) is 1. The van der Waals surface area contributed by atoms with Crippen LogP contribution < -0.4 is 16.2 Å². The zero-order chi connectivity index (χ0) is 12.0. The van der Waals surface area contributed by atoms with E-state index in [1.807, 2.05) is 13.0 Å². The van der Waals surface area contributed by atoms with Crippen molar-refractivity contribution in [1.29, 1.82) is 0 Å². The minimum Gasteiger partial charge on any atom is -0.383 e. The van der Waals surface area contributed by atoms with Gasteiger partial charge in [0, 0.05) is 26.3 Å². The number of anilines is 2. The van der Waals surface area contributed by atoms with Gasteiger partial charge in [-0.2, -0.15) is 0 Å². The monoisotopic (exact) mass is 225 g/mol. The highest BCUT2D eigenvalue weighted by atomic mass is 16.5. The Labute approximate surface area is 95.8 Å². The number of nitrogens with zero attached hydrogens (tertiary/aromatic N) is 3. The van der Waals surface area contributed by atoms with Gasteiger partial charge in [0.2, 0.25) is 0 Å². The van der Waals surface area contributed by atoms with Crippen LogP contribution in [0.5, 0.6) is 0 Å². The first-order valence-corrected chi connectivity index (χ1v) is 5.27. The average molecular weight is 225 g/mol. The van der Waals surface area contributed by atoms with Gasteiger partial charge in [-0.05, 0) is 13.8 Å². The molecule has 6 nitrogen and oxygen atoms in total. The van der Waals surface area contributed by atoms with Gasteiger partial charge in [0.15, 0.2) is 0 Å². The number of hydrogen-bond donors (Lipinski definition) is 2. The van der Waals surface area contributed by atoms with Gasteiger partial charge in [0.05, 0.1) is 6.61 Å². The van der Waals surface area contributed by atoms with Crippen LogP contribution in [0.1, 0.15) is 12.7 Å². The topological polar surface area (TPSA) is 76.3 Å². The van der Waals surface area contributed by atoms with E-state index in [2.05, 4.69) is 27.2 Å². The Morgan fingerprint density at radius 1 is 1.50 bits per heavy atom. The number of nitrogen functional groups attached to an aromatic ring is 1. The fourth-order valence-corrected chi connectivity index (χ4v) is 1.42. The minimum absolute atomic E-state index is 0.623. The van der Waals surface area contributed by atoms with Gasteiger partial charge < -0.3 is 15.1 Å². The van der Waals surface area contributed by atoms with Crippen molar-refractivity contribution in [2.75, 3.05) is 37.1 Å². The molecule has 1 aromatic rings. The number of rotatable bonds is 6. The predicted octanol–water partition coefficient (Wildman–Crippen LogP) is 0.543. The van der Waals surface area contributed by atoms with Crippen LogP contribution in [0.25, 0.3) is 0 Å². The lowest BCUT2D eigenvalue weighted by Gasteiger charge is -2.22. The van der Waals surface area contributed by atoms with Crippen molar-refractivity contribution < 1.29 is 4.74 Å². The van der Waals surface area contributed by atoms with Gasteiger partial charge in [0.25, 0.3) is 0 Å². The van der Waals surface area contributed by atoms with Gasteiger partial charge >= 0.3 is 0 Å². The summed E-state index contributed by atoms with van der Waals surface area (Å²) in [5.74, 6) is 7.53. The lowest BCUT2D eigenvalue weighted by molar-refractivity contribution is 0.205. The van der Waals surface area contributed by atoms with Crippen LogP contribution in [0.15, 0.2) is 6.07 Å². The smallest absolute Gasteiger partial charge is 0.145 e. The summed E-state index contributed by atoms with van der Waals surface area (Å²) in [4.78, 5) is 10.6.